The average molecular weight is 1450 g/mol. The van der Waals surface area contributed by atoms with Gasteiger partial charge in [0, 0.05) is 89.5 Å². The molecule has 0 radical (unpaired) electrons. The summed E-state index contributed by atoms with van der Waals surface area (Å²) in [6.07, 6.45) is 7.97. The highest BCUT2D eigenvalue weighted by Gasteiger charge is 2.13. The van der Waals surface area contributed by atoms with Gasteiger partial charge < -0.3 is 30.6 Å². The van der Waals surface area contributed by atoms with E-state index < -0.39 is 4.92 Å². The Balaban J connectivity index is 0.000000187. The van der Waals surface area contributed by atoms with Crippen LogP contribution in [-0.4, -0.2) is 75.3 Å². The fourth-order valence-electron chi connectivity index (χ4n) is 7.88. The molecular formula is C73H63Cl4IN8O8. The molecule has 94 heavy (non-hydrogen) atoms. The Hall–Kier alpha value is -10.0. The second kappa shape index (κ2) is 36.9. The zero-order valence-corrected chi connectivity index (χ0v) is 56.7. The maximum absolute atomic E-state index is 11.2. The lowest BCUT2D eigenvalue weighted by atomic mass is 10.1. The van der Waals surface area contributed by atoms with Crippen molar-refractivity contribution in [3.05, 3.63) is 291 Å². The third-order valence-corrected chi connectivity index (χ3v) is 15.5. The zero-order chi connectivity index (χ0) is 68.3. The summed E-state index contributed by atoms with van der Waals surface area (Å²) in [6.45, 7) is 9.06. The number of amides is 2. The van der Waals surface area contributed by atoms with Gasteiger partial charge in [-0.1, -0.05) is 137 Å². The first-order chi connectivity index (χ1) is 44.9. The molecule has 10 aromatic rings. The van der Waals surface area contributed by atoms with Gasteiger partial charge >= 0.3 is 0 Å². The van der Waals surface area contributed by atoms with Gasteiger partial charge in [0.05, 0.1) is 54.1 Å². The topological polar surface area (TPSA) is 235 Å². The third kappa shape index (κ3) is 23.6. The molecule has 0 saturated heterocycles. The highest BCUT2D eigenvalue weighted by Crippen LogP contribution is 2.35. The van der Waals surface area contributed by atoms with Crippen LogP contribution in [0.4, 0.5) is 45.5 Å². The summed E-state index contributed by atoms with van der Waals surface area (Å²) in [7, 11) is 1.72. The molecule has 0 bridgehead atoms. The number of phenolic OH excluding ortho intramolecular Hbond substituents is 4. The van der Waals surface area contributed by atoms with Gasteiger partial charge in [0.25, 0.3) is 5.69 Å². The minimum absolute atomic E-state index is 0.0181. The maximum Gasteiger partial charge on any atom is 0.288 e. The molecule has 0 atom stereocenters. The molecule has 10 aromatic carbocycles. The van der Waals surface area contributed by atoms with E-state index in [0.29, 0.717) is 48.8 Å². The van der Waals surface area contributed by atoms with Gasteiger partial charge in [-0.25, -0.2) is 0 Å². The Labute approximate surface area is 578 Å². The summed E-state index contributed by atoms with van der Waals surface area (Å²) < 4.78 is 1.19. The van der Waals surface area contributed by atoms with Crippen molar-refractivity contribution >= 4 is 157 Å². The number of rotatable bonds is 13. The Kier molecular flexibility index (Phi) is 28.7. The molecule has 478 valence electrons. The van der Waals surface area contributed by atoms with Crippen molar-refractivity contribution in [2.75, 3.05) is 17.3 Å². The van der Waals surface area contributed by atoms with Crippen LogP contribution < -0.4 is 10.2 Å². The highest BCUT2D eigenvalue weighted by atomic mass is 127. The van der Waals surface area contributed by atoms with E-state index in [0.717, 1.165) is 39.4 Å². The molecule has 16 nitrogen and oxygen atoms in total. The number of aliphatic imine (C=N–C) groups is 5. The first-order valence-electron chi connectivity index (χ1n) is 28.4. The molecule has 5 N–H and O–H groups in total. The third-order valence-electron chi connectivity index (χ3n) is 13.1. The number of anilines is 2. The first-order valence-corrected chi connectivity index (χ1v) is 31.0. The van der Waals surface area contributed by atoms with Crippen molar-refractivity contribution in [2.24, 2.45) is 25.0 Å². The van der Waals surface area contributed by atoms with Crippen LogP contribution >= 0.6 is 69.0 Å². The average Bonchev–Trinajstić information content (AvgIpc) is 1.09. The van der Waals surface area contributed by atoms with Gasteiger partial charge in [0.2, 0.25) is 11.8 Å². The van der Waals surface area contributed by atoms with E-state index in [1.54, 1.807) is 128 Å². The molecule has 0 spiro atoms. The number of aryl methyl sites for hydroxylation is 3. The standard InChI is InChI=1S/C16H16N2O2.C15H12Cl2N2O2.C15H15NO.C14H12INO.C13H8Cl2N2O2/c1-12(19)18(2)15-9-7-14(8-10-15)17-11-13-5-3-4-6-16(13)20;1-9(20)19-14-7-13(11(16)6-12(14)17)18-8-10-4-2-3-5-15(10)21;1-11-7-8-14(12(2)9-11)16-10-13-5-3-4-6-15(13)17;1-10-6-7-12(8-13(10)15)16-9-11-4-2-3-5-14(11)17;14-10-3-1-2-4-12(10)16-8-9-5-6-11(15)13(7-9)17(18)19/h3-11,20H,1-2H3;2-8,21H,1H3,(H,19,20);3-10,17H,1-2H3;2-9,17H,1H3;1-8H. The Morgan fingerprint density at radius 3 is 1.45 bits per heavy atom. The summed E-state index contributed by atoms with van der Waals surface area (Å²) in [5.41, 5.74) is 11.6. The van der Waals surface area contributed by atoms with Crippen molar-refractivity contribution in [1.82, 2.24) is 0 Å². The summed E-state index contributed by atoms with van der Waals surface area (Å²) >= 11 is 26.0. The van der Waals surface area contributed by atoms with Crippen LogP contribution in [0.15, 0.2) is 237 Å². The van der Waals surface area contributed by atoms with E-state index >= 15 is 0 Å². The molecule has 0 saturated carbocycles. The van der Waals surface area contributed by atoms with Crippen molar-refractivity contribution in [3.63, 3.8) is 0 Å². The van der Waals surface area contributed by atoms with Crippen LogP contribution in [0.1, 0.15) is 58.4 Å². The lowest BCUT2D eigenvalue weighted by Gasteiger charge is -2.14. The van der Waals surface area contributed by atoms with Crippen molar-refractivity contribution in [3.8, 4) is 23.0 Å². The summed E-state index contributed by atoms with van der Waals surface area (Å²) in [6, 6.07) is 62.2. The number of carbonyl (C=O) groups is 2. The van der Waals surface area contributed by atoms with Crippen LogP contribution in [0.5, 0.6) is 23.0 Å². The molecular weight excluding hydrogens is 1390 g/mol. The van der Waals surface area contributed by atoms with E-state index in [9.17, 15) is 40.1 Å². The number of hydrogen-bond acceptors (Lipinski definition) is 13. The molecule has 0 unspecified atom stereocenters. The monoisotopic (exact) mass is 1450 g/mol. The number of nitro benzene ring substituents is 1. The van der Waals surface area contributed by atoms with E-state index in [1.807, 2.05) is 97.9 Å². The van der Waals surface area contributed by atoms with Crippen LogP contribution in [0.25, 0.3) is 0 Å². The number of halogens is 5. The fourth-order valence-corrected chi connectivity index (χ4v) is 9.23. The second-order valence-corrected chi connectivity index (χ2v) is 23.0. The van der Waals surface area contributed by atoms with Gasteiger partial charge in [0.1, 0.15) is 28.0 Å². The molecule has 10 rings (SSSR count). The lowest BCUT2D eigenvalue weighted by Crippen LogP contribution is -2.22. The van der Waals surface area contributed by atoms with E-state index in [4.69, 9.17) is 46.4 Å². The molecule has 21 heteroatoms. The number of nitrogens with one attached hydrogen (secondary N) is 1. The predicted octanol–water partition coefficient (Wildman–Crippen LogP) is 20.0. The van der Waals surface area contributed by atoms with E-state index in [1.165, 1.54) is 59.2 Å². The SMILES string of the molecule is CC(=O)N(C)c1ccc(N=Cc2ccccc2O)cc1.CC(=O)Nc1cc(N=Cc2ccccc2O)c(Cl)cc1Cl.Cc1ccc(N=Cc2ccccc2O)c(C)c1.Cc1ccc(N=Cc2ccccc2O)cc1I.O=[N+]([O-])c1cc(C=Nc2ccccc2Cl)ccc1Cl. The Morgan fingerprint density at radius 2 is 0.957 bits per heavy atom. The minimum atomic E-state index is -0.533. The lowest BCUT2D eigenvalue weighted by molar-refractivity contribution is -0.384. The second-order valence-electron chi connectivity index (χ2n) is 20.2. The molecule has 0 heterocycles. The first kappa shape index (κ1) is 73.0. The smallest absolute Gasteiger partial charge is 0.288 e. The number of carbonyl (C=O) groups excluding carboxylic acids is 2. The fraction of sp³-hybridized carbons (Fsp3) is 0.0822. The number of phenols is 4. The maximum atomic E-state index is 11.2. The zero-order valence-electron chi connectivity index (χ0n) is 51.5. The van der Waals surface area contributed by atoms with Crippen LogP contribution in [0.2, 0.25) is 20.1 Å². The van der Waals surface area contributed by atoms with Gasteiger partial charge in [0.15, 0.2) is 0 Å². The predicted molar refractivity (Wildman–Crippen MR) is 394 cm³/mol. The number of aromatic hydroxyl groups is 4. The minimum Gasteiger partial charge on any atom is -0.507 e. The van der Waals surface area contributed by atoms with Crippen LogP contribution in [0, 0.1) is 34.5 Å². The molecule has 0 aliphatic carbocycles. The van der Waals surface area contributed by atoms with Gasteiger partial charge in [-0.3, -0.25) is 44.7 Å². The normalized spacial score (nSPS) is 10.8. The number of hydrogen-bond donors (Lipinski definition) is 5. The van der Waals surface area contributed by atoms with Crippen molar-refractivity contribution < 1.29 is 34.9 Å². The summed E-state index contributed by atoms with van der Waals surface area (Å²) in [4.78, 5) is 55.6. The number of nitrogens with zero attached hydrogens (tertiary/aromatic N) is 7. The molecule has 0 fully saturated rings. The van der Waals surface area contributed by atoms with E-state index in [2.05, 4.69) is 72.8 Å². The highest BCUT2D eigenvalue weighted by molar-refractivity contribution is 14.1. The molecule has 0 aliphatic rings. The van der Waals surface area contributed by atoms with Gasteiger partial charge in [-0.05, 0) is 181 Å². The van der Waals surface area contributed by atoms with Crippen molar-refractivity contribution in [2.45, 2.75) is 34.6 Å². The number of benzene rings is 10. The summed E-state index contributed by atoms with van der Waals surface area (Å²) in [5, 5.41) is 53.2. The molecule has 0 aliphatic heterocycles. The van der Waals surface area contributed by atoms with Crippen LogP contribution in [-0.2, 0) is 9.59 Å². The molecule has 0 aromatic heterocycles. The van der Waals surface area contributed by atoms with Gasteiger partial charge in [-0.2, -0.15) is 0 Å². The number of nitro groups is 1. The van der Waals surface area contributed by atoms with Gasteiger partial charge in [-0.15, -0.1) is 0 Å². The van der Waals surface area contributed by atoms with Crippen LogP contribution in [0.3, 0.4) is 0 Å². The Morgan fingerprint density at radius 1 is 0.479 bits per heavy atom. The van der Waals surface area contributed by atoms with E-state index in [-0.39, 0.29) is 45.5 Å². The van der Waals surface area contributed by atoms with Crippen molar-refractivity contribution in [1.29, 1.82) is 0 Å². The largest absolute Gasteiger partial charge is 0.507 e. The number of para-hydroxylation sites is 5. The summed E-state index contributed by atoms with van der Waals surface area (Å²) in [5.74, 6) is 0.557. The quantitative estimate of drug-likeness (QED) is 0.0321. The Bertz CT molecular complexity index is 4430. The molecule has 2 amide bonds.